The van der Waals surface area contributed by atoms with Crippen LogP contribution in [0.4, 0.5) is 0 Å². The Balaban J connectivity index is 2.79. The van der Waals surface area contributed by atoms with Crippen LogP contribution in [0.2, 0.25) is 0 Å². The van der Waals surface area contributed by atoms with Gasteiger partial charge in [0.05, 0.1) is 11.4 Å². The van der Waals surface area contributed by atoms with Gasteiger partial charge in [0.25, 0.3) is 0 Å². The Bertz CT molecular complexity index is 248. The molecule has 0 saturated heterocycles. The van der Waals surface area contributed by atoms with Gasteiger partial charge in [-0.25, -0.2) is 0 Å². The maximum Gasteiger partial charge on any atom is 0.0896 e. The summed E-state index contributed by atoms with van der Waals surface area (Å²) in [5.74, 6) is 0. The van der Waals surface area contributed by atoms with Crippen LogP contribution in [0.25, 0.3) is 11.4 Å². The van der Waals surface area contributed by atoms with Crippen molar-refractivity contribution < 1.29 is 0 Å². The first-order chi connectivity index (χ1) is 4.47. The van der Waals surface area contributed by atoms with Crippen LogP contribution in [-0.2, 0) is 0 Å². The Kier molecular flexibility index (Phi) is 0.773. The lowest BCUT2D eigenvalue weighted by atomic mass is 10.3. The van der Waals surface area contributed by atoms with Gasteiger partial charge in [-0.1, -0.05) is 0 Å². The van der Waals surface area contributed by atoms with E-state index in [1.807, 2.05) is 12.1 Å². The van der Waals surface area contributed by atoms with Gasteiger partial charge in [0.15, 0.2) is 0 Å². The number of nitrogens with one attached hydrogen (secondary N) is 1. The highest BCUT2D eigenvalue weighted by Crippen LogP contribution is 2.12. The minimum absolute atomic E-state index is 0.963. The molecule has 0 fully saturated rings. The predicted molar refractivity (Wildman–Crippen MR) is 33.0 cm³/mol. The molecule has 2 rings (SSSR count). The smallest absolute Gasteiger partial charge is 0.0896 e. The van der Waals surface area contributed by atoms with E-state index in [1.54, 1.807) is 12.4 Å². The van der Waals surface area contributed by atoms with Crippen molar-refractivity contribution in [3.8, 4) is 11.4 Å². The SMILES string of the molecule is c1cc2nccc-2[nH]n1. The summed E-state index contributed by atoms with van der Waals surface area (Å²) in [5.41, 5.74) is 1.95. The Morgan fingerprint density at radius 2 is 2.22 bits per heavy atom. The molecule has 44 valence electrons. The third-order valence-electron chi connectivity index (χ3n) is 1.22. The first-order valence-electron chi connectivity index (χ1n) is 2.71. The molecule has 0 aromatic carbocycles. The third-order valence-corrected chi connectivity index (χ3v) is 1.22. The van der Waals surface area contributed by atoms with E-state index < -0.39 is 0 Å². The topological polar surface area (TPSA) is 41.6 Å². The number of hydrogen-bond acceptors (Lipinski definition) is 2. The van der Waals surface area contributed by atoms with E-state index in [2.05, 4.69) is 15.2 Å². The zero-order valence-electron chi connectivity index (χ0n) is 4.70. The lowest BCUT2D eigenvalue weighted by molar-refractivity contribution is 1.03. The Hall–Kier alpha value is -1.38. The van der Waals surface area contributed by atoms with Crippen molar-refractivity contribution in [3.05, 3.63) is 24.5 Å². The first kappa shape index (κ1) is 4.49. The molecular formula is C6H5N3. The molecule has 9 heavy (non-hydrogen) atoms. The quantitative estimate of drug-likeness (QED) is 0.560. The first-order valence-corrected chi connectivity index (χ1v) is 2.71. The van der Waals surface area contributed by atoms with Gasteiger partial charge < -0.3 is 0 Å². The van der Waals surface area contributed by atoms with Crippen LogP contribution in [0.3, 0.4) is 0 Å². The van der Waals surface area contributed by atoms with Gasteiger partial charge in [-0.3, -0.25) is 10.1 Å². The molecule has 2 aliphatic rings. The van der Waals surface area contributed by atoms with E-state index in [4.69, 9.17) is 0 Å². The van der Waals surface area contributed by atoms with Gasteiger partial charge in [-0.2, -0.15) is 5.10 Å². The van der Waals surface area contributed by atoms with Crippen LogP contribution < -0.4 is 0 Å². The number of nitrogens with zero attached hydrogens (tertiary/aromatic N) is 2. The molecule has 2 aliphatic heterocycles. The number of hydrogen-bond donors (Lipinski definition) is 1. The lowest BCUT2D eigenvalue weighted by Crippen LogP contribution is -1.83. The molecule has 1 N–H and O–H groups in total. The molecule has 0 aliphatic carbocycles. The number of H-pyrrole nitrogens is 1. The maximum atomic E-state index is 4.05. The maximum absolute atomic E-state index is 4.05. The minimum Gasteiger partial charge on any atom is -0.276 e. The van der Waals surface area contributed by atoms with Gasteiger partial charge >= 0.3 is 0 Å². The summed E-state index contributed by atoms with van der Waals surface area (Å²) in [6.45, 7) is 0. The molecular weight excluding hydrogens is 114 g/mol. The number of fused-ring (bicyclic) bond motifs is 1. The monoisotopic (exact) mass is 119 g/mol. The summed E-state index contributed by atoms with van der Waals surface area (Å²) in [6, 6.07) is 3.76. The van der Waals surface area contributed by atoms with Crippen LogP contribution in [-0.4, -0.2) is 15.2 Å². The van der Waals surface area contributed by atoms with Crippen LogP contribution in [0.15, 0.2) is 24.5 Å². The second-order valence-corrected chi connectivity index (χ2v) is 1.80. The van der Waals surface area contributed by atoms with Crippen LogP contribution >= 0.6 is 0 Å². The summed E-state index contributed by atoms with van der Waals surface area (Å²) in [4.78, 5) is 4.05. The molecule has 0 unspecified atom stereocenters. The molecule has 0 spiro atoms. The summed E-state index contributed by atoms with van der Waals surface area (Å²) < 4.78 is 0. The summed E-state index contributed by atoms with van der Waals surface area (Å²) >= 11 is 0. The molecule has 0 aromatic heterocycles. The fraction of sp³-hybridized carbons (Fsp3) is 0. The van der Waals surface area contributed by atoms with Crippen molar-refractivity contribution >= 4 is 0 Å². The highest BCUT2D eigenvalue weighted by molar-refractivity contribution is 5.53. The van der Waals surface area contributed by atoms with Crippen LogP contribution in [0, 0.1) is 0 Å². The second kappa shape index (κ2) is 1.55. The molecule has 0 radical (unpaired) electrons. The number of rotatable bonds is 0. The fourth-order valence-electron chi connectivity index (χ4n) is 0.789. The summed E-state index contributed by atoms with van der Waals surface area (Å²) in [6.07, 6.45) is 3.44. The molecule has 0 aromatic rings. The van der Waals surface area contributed by atoms with E-state index in [0.717, 1.165) is 11.4 Å². The summed E-state index contributed by atoms with van der Waals surface area (Å²) in [5, 5.41) is 6.64. The molecule has 0 saturated carbocycles. The van der Waals surface area contributed by atoms with E-state index in [1.165, 1.54) is 0 Å². The summed E-state index contributed by atoms with van der Waals surface area (Å²) in [7, 11) is 0. The largest absolute Gasteiger partial charge is 0.276 e. The number of aromatic nitrogens is 3. The molecule has 0 atom stereocenters. The molecule has 0 amide bonds. The molecule has 3 nitrogen and oxygen atoms in total. The predicted octanol–water partition coefficient (Wildman–Crippen LogP) is 0.909. The van der Waals surface area contributed by atoms with E-state index >= 15 is 0 Å². The standard InChI is InChI=1S/C6H5N3/c1-3-7-5-2-4-8-9-6(1)5/h1-4,9H. The average molecular weight is 119 g/mol. The third kappa shape index (κ3) is 0.579. The van der Waals surface area contributed by atoms with Crippen LogP contribution in [0.5, 0.6) is 0 Å². The molecule has 2 heterocycles. The second-order valence-electron chi connectivity index (χ2n) is 1.80. The van der Waals surface area contributed by atoms with E-state index in [0.29, 0.717) is 0 Å². The zero-order valence-corrected chi connectivity index (χ0v) is 4.70. The van der Waals surface area contributed by atoms with Gasteiger partial charge in [0, 0.05) is 12.4 Å². The average Bonchev–Trinajstić information content (AvgIpc) is 2.33. The van der Waals surface area contributed by atoms with E-state index in [-0.39, 0.29) is 0 Å². The van der Waals surface area contributed by atoms with Crippen molar-refractivity contribution in [1.82, 2.24) is 15.2 Å². The van der Waals surface area contributed by atoms with Crippen molar-refractivity contribution in [2.45, 2.75) is 0 Å². The minimum atomic E-state index is 0.963. The van der Waals surface area contributed by atoms with Gasteiger partial charge in [0.2, 0.25) is 0 Å². The normalized spacial score (nSPS) is 10.2. The van der Waals surface area contributed by atoms with Crippen molar-refractivity contribution in [1.29, 1.82) is 0 Å². The highest BCUT2D eigenvalue weighted by Gasteiger charge is 1.98. The Morgan fingerprint density at radius 1 is 1.22 bits per heavy atom. The lowest BCUT2D eigenvalue weighted by Gasteiger charge is -1.90. The Morgan fingerprint density at radius 3 is 3.11 bits per heavy atom. The van der Waals surface area contributed by atoms with Crippen molar-refractivity contribution in [3.63, 3.8) is 0 Å². The fourth-order valence-corrected chi connectivity index (χ4v) is 0.789. The van der Waals surface area contributed by atoms with Gasteiger partial charge in [0.1, 0.15) is 0 Å². The molecule has 3 heteroatoms. The van der Waals surface area contributed by atoms with Gasteiger partial charge in [-0.05, 0) is 12.1 Å². The van der Waals surface area contributed by atoms with Gasteiger partial charge in [-0.15, -0.1) is 0 Å². The van der Waals surface area contributed by atoms with E-state index in [9.17, 15) is 0 Å². The molecule has 0 bridgehead atoms. The highest BCUT2D eigenvalue weighted by atomic mass is 15.1. The van der Waals surface area contributed by atoms with Crippen molar-refractivity contribution in [2.75, 3.05) is 0 Å². The zero-order chi connectivity index (χ0) is 6.10. The van der Waals surface area contributed by atoms with Crippen LogP contribution in [0.1, 0.15) is 0 Å². The number of aromatic amines is 1. The van der Waals surface area contributed by atoms with Crippen molar-refractivity contribution in [2.24, 2.45) is 0 Å². The Labute approximate surface area is 52.1 Å².